The molecule has 2 N–H and O–H groups in total. The number of carbonyl (C=O) groups excluding carboxylic acids is 1. The van der Waals surface area contributed by atoms with Crippen LogP contribution in [0.25, 0.3) is 0 Å². The summed E-state index contributed by atoms with van der Waals surface area (Å²) in [4.78, 5) is 11.0. The van der Waals surface area contributed by atoms with Crippen molar-refractivity contribution in [1.29, 1.82) is 0 Å². The Morgan fingerprint density at radius 1 is 1.58 bits per heavy atom. The maximum Gasteiger partial charge on any atom is 0.492 e. The van der Waals surface area contributed by atoms with Gasteiger partial charge in [-0.25, -0.2) is 0 Å². The Balaban J connectivity index is 2.87. The van der Waals surface area contributed by atoms with Gasteiger partial charge in [-0.2, -0.15) is 0 Å². The van der Waals surface area contributed by atoms with Crippen molar-refractivity contribution < 1.29 is 19.6 Å². The summed E-state index contributed by atoms with van der Waals surface area (Å²) in [5.74, 6) is 0.198. The van der Waals surface area contributed by atoms with Crippen molar-refractivity contribution in [2.75, 3.05) is 7.11 Å². The normalized spacial score (nSPS) is 16.8. The zero-order valence-electron chi connectivity index (χ0n) is 6.65. The van der Waals surface area contributed by atoms with Crippen LogP contribution in [0.5, 0.6) is 0 Å². The predicted octanol–water partition coefficient (Wildman–Crippen LogP) is -0.572. The summed E-state index contributed by atoms with van der Waals surface area (Å²) in [7, 11) is -0.254. The van der Waals surface area contributed by atoms with Crippen molar-refractivity contribution >= 4 is 12.9 Å². The number of methoxy groups -OCH3 is 1. The fraction of sp³-hybridized carbons (Fsp3) is 0.286. The minimum atomic E-state index is -1.71. The van der Waals surface area contributed by atoms with E-state index in [2.05, 4.69) is 0 Å². The molecule has 0 saturated carbocycles. The lowest BCUT2D eigenvalue weighted by atomic mass is 9.74. The van der Waals surface area contributed by atoms with E-state index in [0.29, 0.717) is 5.76 Å². The Morgan fingerprint density at radius 3 is 2.75 bits per heavy atom. The van der Waals surface area contributed by atoms with E-state index in [4.69, 9.17) is 14.8 Å². The number of hydrogen-bond acceptors (Lipinski definition) is 4. The second-order valence-electron chi connectivity index (χ2n) is 2.41. The van der Waals surface area contributed by atoms with E-state index in [1.54, 1.807) is 6.08 Å². The molecule has 0 spiro atoms. The Kier molecular flexibility index (Phi) is 2.67. The van der Waals surface area contributed by atoms with Crippen LogP contribution in [0.15, 0.2) is 23.4 Å². The largest absolute Gasteiger partial charge is 0.497 e. The standard InChI is InChI=1S/C7H9BO4/c1-12-5-2-3-7(9)6(4-5)8(10)11/h2,4,10-11H,3H2,1H3. The second-order valence-corrected chi connectivity index (χ2v) is 2.41. The molecule has 0 atom stereocenters. The molecule has 1 rings (SSSR count). The van der Waals surface area contributed by atoms with Gasteiger partial charge in [0.2, 0.25) is 0 Å². The molecular formula is C7H9BO4. The van der Waals surface area contributed by atoms with E-state index in [1.165, 1.54) is 13.2 Å². The molecule has 1 aliphatic carbocycles. The highest BCUT2D eigenvalue weighted by Crippen LogP contribution is 2.14. The topological polar surface area (TPSA) is 66.8 Å². The first kappa shape index (κ1) is 9.03. The fourth-order valence-electron chi connectivity index (χ4n) is 0.965. The number of Topliss-reactive ketones (excluding diaryl/α,β-unsaturated/α-hetero) is 1. The molecule has 12 heavy (non-hydrogen) atoms. The summed E-state index contributed by atoms with van der Waals surface area (Å²) in [5, 5.41) is 17.5. The van der Waals surface area contributed by atoms with Gasteiger partial charge in [-0.15, -0.1) is 0 Å². The van der Waals surface area contributed by atoms with Crippen LogP contribution in [0.2, 0.25) is 0 Å². The Morgan fingerprint density at radius 2 is 2.25 bits per heavy atom. The fourth-order valence-corrected chi connectivity index (χ4v) is 0.965. The van der Waals surface area contributed by atoms with Crippen LogP contribution in [0.1, 0.15) is 6.42 Å². The lowest BCUT2D eigenvalue weighted by Gasteiger charge is -2.10. The van der Waals surface area contributed by atoms with Gasteiger partial charge in [0, 0.05) is 11.9 Å². The van der Waals surface area contributed by atoms with Gasteiger partial charge >= 0.3 is 7.12 Å². The monoisotopic (exact) mass is 168 g/mol. The Hall–Kier alpha value is -1.07. The molecule has 0 aromatic rings. The van der Waals surface area contributed by atoms with Crippen molar-refractivity contribution in [3.05, 3.63) is 23.4 Å². The molecule has 0 amide bonds. The van der Waals surface area contributed by atoms with Crippen LogP contribution in [0.4, 0.5) is 0 Å². The van der Waals surface area contributed by atoms with Crippen LogP contribution in [-0.4, -0.2) is 30.1 Å². The average Bonchev–Trinajstić information content (AvgIpc) is 2.05. The van der Waals surface area contributed by atoms with Crippen LogP contribution >= 0.6 is 0 Å². The van der Waals surface area contributed by atoms with Gasteiger partial charge < -0.3 is 14.8 Å². The van der Waals surface area contributed by atoms with E-state index in [-0.39, 0.29) is 17.7 Å². The van der Waals surface area contributed by atoms with E-state index in [0.717, 1.165) is 0 Å². The molecule has 5 heteroatoms. The third kappa shape index (κ3) is 1.75. The lowest BCUT2D eigenvalue weighted by Crippen LogP contribution is -2.24. The maximum absolute atomic E-state index is 11.0. The number of allylic oxidation sites excluding steroid dienone is 3. The number of hydrogen-bond donors (Lipinski definition) is 2. The summed E-state index contributed by atoms with van der Waals surface area (Å²) >= 11 is 0. The highest BCUT2D eigenvalue weighted by atomic mass is 16.5. The second kappa shape index (κ2) is 3.56. The minimum Gasteiger partial charge on any atom is -0.497 e. The smallest absolute Gasteiger partial charge is 0.492 e. The third-order valence-electron chi connectivity index (χ3n) is 1.62. The summed E-state index contributed by atoms with van der Waals surface area (Å²) in [5.41, 5.74) is -0.0191. The van der Waals surface area contributed by atoms with Gasteiger partial charge in [-0.1, -0.05) is 0 Å². The molecule has 0 fully saturated rings. The van der Waals surface area contributed by atoms with Gasteiger partial charge in [0.1, 0.15) is 5.76 Å². The first-order valence-electron chi connectivity index (χ1n) is 3.50. The van der Waals surface area contributed by atoms with E-state index in [1.807, 2.05) is 0 Å². The summed E-state index contributed by atoms with van der Waals surface area (Å²) in [6.45, 7) is 0. The maximum atomic E-state index is 11.0. The van der Waals surface area contributed by atoms with Crippen LogP contribution < -0.4 is 0 Å². The molecule has 64 valence electrons. The minimum absolute atomic E-state index is 0.0191. The van der Waals surface area contributed by atoms with Crippen LogP contribution in [0.3, 0.4) is 0 Å². The van der Waals surface area contributed by atoms with Gasteiger partial charge in [0.05, 0.1) is 7.11 Å². The van der Waals surface area contributed by atoms with Gasteiger partial charge in [-0.3, -0.25) is 4.79 Å². The van der Waals surface area contributed by atoms with Crippen molar-refractivity contribution in [3.63, 3.8) is 0 Å². The lowest BCUT2D eigenvalue weighted by molar-refractivity contribution is -0.114. The van der Waals surface area contributed by atoms with Gasteiger partial charge in [0.25, 0.3) is 0 Å². The molecular weight excluding hydrogens is 159 g/mol. The molecule has 0 aromatic heterocycles. The molecule has 4 nitrogen and oxygen atoms in total. The predicted molar refractivity (Wildman–Crippen MR) is 43.0 cm³/mol. The highest BCUT2D eigenvalue weighted by Gasteiger charge is 2.24. The van der Waals surface area contributed by atoms with Crippen LogP contribution in [0, 0.1) is 0 Å². The quantitative estimate of drug-likeness (QED) is 0.541. The first-order valence-corrected chi connectivity index (χ1v) is 3.50. The van der Waals surface area contributed by atoms with Gasteiger partial charge in [-0.05, 0) is 12.2 Å². The van der Waals surface area contributed by atoms with E-state index < -0.39 is 7.12 Å². The van der Waals surface area contributed by atoms with Crippen molar-refractivity contribution in [2.45, 2.75) is 6.42 Å². The molecule has 1 aliphatic rings. The van der Waals surface area contributed by atoms with Crippen molar-refractivity contribution in [2.24, 2.45) is 0 Å². The van der Waals surface area contributed by atoms with Crippen LogP contribution in [-0.2, 0) is 9.53 Å². The summed E-state index contributed by atoms with van der Waals surface area (Å²) in [6, 6.07) is 0. The molecule has 0 unspecified atom stereocenters. The Bertz CT molecular complexity index is 254. The van der Waals surface area contributed by atoms with Crippen molar-refractivity contribution in [1.82, 2.24) is 0 Å². The SMILES string of the molecule is COC1=CCC(=O)C(B(O)O)=C1. The molecule has 0 bridgehead atoms. The average molecular weight is 168 g/mol. The number of rotatable bonds is 2. The number of ketones is 1. The molecule has 0 heterocycles. The van der Waals surface area contributed by atoms with Gasteiger partial charge in [0.15, 0.2) is 5.78 Å². The number of ether oxygens (including phenoxy) is 1. The first-order chi connectivity index (χ1) is 5.65. The zero-order valence-corrected chi connectivity index (χ0v) is 6.65. The molecule has 0 saturated heterocycles. The number of carbonyl (C=O) groups is 1. The third-order valence-corrected chi connectivity index (χ3v) is 1.62. The molecule has 0 aromatic carbocycles. The molecule has 0 radical (unpaired) electrons. The summed E-state index contributed by atoms with van der Waals surface area (Å²) in [6.07, 6.45) is 3.08. The molecule has 0 aliphatic heterocycles. The summed E-state index contributed by atoms with van der Waals surface area (Å²) < 4.78 is 4.83. The Labute approximate surface area is 70.3 Å². The van der Waals surface area contributed by atoms with E-state index in [9.17, 15) is 4.79 Å². The van der Waals surface area contributed by atoms with Crippen molar-refractivity contribution in [3.8, 4) is 0 Å². The van der Waals surface area contributed by atoms with E-state index >= 15 is 0 Å². The zero-order chi connectivity index (χ0) is 9.14. The highest BCUT2D eigenvalue weighted by molar-refractivity contribution is 6.59.